The van der Waals surface area contributed by atoms with E-state index < -0.39 is 0 Å². The van der Waals surface area contributed by atoms with E-state index >= 15 is 0 Å². The molecule has 0 unspecified atom stereocenters. The molecule has 0 atom stereocenters. The van der Waals surface area contributed by atoms with Gasteiger partial charge in [0.1, 0.15) is 5.01 Å². The van der Waals surface area contributed by atoms with Gasteiger partial charge >= 0.3 is 0 Å². The summed E-state index contributed by atoms with van der Waals surface area (Å²) in [5.74, 6) is 0. The lowest BCUT2D eigenvalue weighted by atomic mass is 10.3. The molecule has 0 amide bonds. The van der Waals surface area contributed by atoms with Crippen LogP contribution in [0.2, 0.25) is 0 Å². The van der Waals surface area contributed by atoms with E-state index in [0.29, 0.717) is 19.6 Å². The highest BCUT2D eigenvalue weighted by Crippen LogP contribution is 2.24. The first kappa shape index (κ1) is 14.1. The summed E-state index contributed by atoms with van der Waals surface area (Å²) in [4.78, 5) is 6.59. The number of aliphatic hydroxyl groups excluding tert-OH is 2. The smallest absolute Gasteiger partial charge is 0.108 e. The number of hydrogen-bond acceptors (Lipinski definition) is 5. The van der Waals surface area contributed by atoms with Crippen molar-refractivity contribution in [3.05, 3.63) is 26.8 Å². The molecule has 2 rings (SSSR count). The van der Waals surface area contributed by atoms with Crippen LogP contribution in [0.25, 0.3) is 10.2 Å². The quantitative estimate of drug-likeness (QED) is 0.752. The number of aliphatic hydroxyl groups is 2. The van der Waals surface area contributed by atoms with E-state index in [4.69, 9.17) is 10.2 Å². The van der Waals surface area contributed by atoms with Gasteiger partial charge in [0.2, 0.25) is 0 Å². The molecule has 1 aromatic heterocycles. The van der Waals surface area contributed by atoms with Gasteiger partial charge in [-0.3, -0.25) is 4.90 Å². The van der Waals surface area contributed by atoms with Crippen molar-refractivity contribution in [3.63, 3.8) is 0 Å². The number of hydrogen-bond donors (Lipinski definition) is 2. The lowest BCUT2D eigenvalue weighted by Crippen LogP contribution is -2.29. The van der Waals surface area contributed by atoms with Crippen LogP contribution in [-0.2, 0) is 6.54 Å². The Morgan fingerprint density at radius 3 is 2.61 bits per heavy atom. The second kappa shape index (κ2) is 6.76. The summed E-state index contributed by atoms with van der Waals surface area (Å²) >= 11 is 3.94. The number of nitrogens with zero attached hydrogens (tertiary/aromatic N) is 2. The number of benzene rings is 1. The summed E-state index contributed by atoms with van der Waals surface area (Å²) in [6.45, 7) is 2.00. The summed E-state index contributed by atoms with van der Waals surface area (Å²) in [6.07, 6.45) is 0. The number of halogens is 1. The molecule has 2 N–H and O–H groups in total. The van der Waals surface area contributed by atoms with E-state index in [9.17, 15) is 0 Å². The van der Waals surface area contributed by atoms with Crippen molar-refractivity contribution >= 4 is 44.1 Å². The molecule has 1 heterocycles. The Morgan fingerprint density at radius 1 is 1.22 bits per heavy atom. The average Bonchev–Trinajstić information content (AvgIpc) is 2.71. The topological polar surface area (TPSA) is 56.6 Å². The molecule has 6 heteroatoms. The molecular formula is C12H15IN2O2S. The van der Waals surface area contributed by atoms with Gasteiger partial charge in [-0.1, -0.05) is 0 Å². The lowest BCUT2D eigenvalue weighted by Gasteiger charge is -2.18. The van der Waals surface area contributed by atoms with Gasteiger partial charge in [0.15, 0.2) is 0 Å². The second-order valence-electron chi connectivity index (χ2n) is 3.94. The molecule has 4 nitrogen and oxygen atoms in total. The van der Waals surface area contributed by atoms with Crippen LogP contribution in [0.5, 0.6) is 0 Å². The number of rotatable bonds is 6. The SMILES string of the molecule is OCCN(CCO)Cc1nc2cc(I)ccc2s1. The minimum atomic E-state index is 0.1000. The molecule has 2 aromatic rings. The predicted molar refractivity (Wildman–Crippen MR) is 81.8 cm³/mol. The van der Waals surface area contributed by atoms with Gasteiger partial charge in [0.05, 0.1) is 30.0 Å². The first-order chi connectivity index (χ1) is 8.72. The van der Waals surface area contributed by atoms with E-state index in [-0.39, 0.29) is 13.2 Å². The van der Waals surface area contributed by atoms with Gasteiger partial charge in [0.25, 0.3) is 0 Å². The minimum Gasteiger partial charge on any atom is -0.395 e. The van der Waals surface area contributed by atoms with Crippen molar-refractivity contribution in [1.82, 2.24) is 9.88 Å². The molecule has 0 aliphatic heterocycles. The average molecular weight is 378 g/mol. The standard InChI is InChI=1S/C12H15IN2O2S/c13-9-1-2-11-10(7-9)14-12(18-11)8-15(3-5-16)4-6-17/h1-2,7,16-17H,3-6,8H2. The molecular weight excluding hydrogens is 363 g/mol. The summed E-state index contributed by atoms with van der Waals surface area (Å²) in [5.41, 5.74) is 1.02. The normalized spacial score (nSPS) is 11.6. The maximum absolute atomic E-state index is 8.98. The summed E-state index contributed by atoms with van der Waals surface area (Å²) < 4.78 is 2.36. The van der Waals surface area contributed by atoms with E-state index in [1.807, 2.05) is 4.90 Å². The maximum Gasteiger partial charge on any atom is 0.108 e. The molecule has 0 aliphatic carbocycles. The highest BCUT2D eigenvalue weighted by molar-refractivity contribution is 14.1. The van der Waals surface area contributed by atoms with Crippen LogP contribution >= 0.6 is 33.9 Å². The molecule has 98 valence electrons. The zero-order chi connectivity index (χ0) is 13.0. The van der Waals surface area contributed by atoms with Crippen LogP contribution < -0.4 is 0 Å². The monoisotopic (exact) mass is 378 g/mol. The first-order valence-electron chi connectivity index (χ1n) is 5.72. The van der Waals surface area contributed by atoms with Crippen molar-refractivity contribution in [2.75, 3.05) is 26.3 Å². The molecule has 0 saturated carbocycles. The third-order valence-corrected chi connectivity index (χ3v) is 4.28. The Bertz CT molecular complexity index is 512. The Morgan fingerprint density at radius 2 is 1.94 bits per heavy atom. The summed E-state index contributed by atoms with van der Waals surface area (Å²) in [7, 11) is 0. The summed E-state index contributed by atoms with van der Waals surface area (Å²) in [6, 6.07) is 6.23. The van der Waals surface area contributed by atoms with Crippen LogP contribution in [0.1, 0.15) is 5.01 Å². The van der Waals surface area contributed by atoms with Gasteiger partial charge in [-0.25, -0.2) is 4.98 Å². The van der Waals surface area contributed by atoms with E-state index in [0.717, 1.165) is 10.5 Å². The van der Waals surface area contributed by atoms with Crippen LogP contribution in [0.3, 0.4) is 0 Å². The van der Waals surface area contributed by atoms with Crippen molar-refractivity contribution in [2.24, 2.45) is 0 Å². The number of thiazole rings is 1. The molecule has 1 aromatic carbocycles. The third-order valence-electron chi connectivity index (χ3n) is 2.59. The molecule has 0 fully saturated rings. The molecule has 0 bridgehead atoms. The molecule has 0 spiro atoms. The van der Waals surface area contributed by atoms with Gasteiger partial charge < -0.3 is 10.2 Å². The first-order valence-corrected chi connectivity index (χ1v) is 7.61. The Kier molecular flexibility index (Phi) is 5.31. The van der Waals surface area contributed by atoms with Crippen molar-refractivity contribution in [2.45, 2.75) is 6.54 Å². The molecule has 0 saturated heterocycles. The van der Waals surface area contributed by atoms with Gasteiger partial charge in [-0.2, -0.15) is 0 Å². The fourth-order valence-corrected chi connectivity index (χ4v) is 3.22. The van der Waals surface area contributed by atoms with Crippen LogP contribution in [0, 0.1) is 3.57 Å². The van der Waals surface area contributed by atoms with Gasteiger partial charge in [-0.15, -0.1) is 11.3 Å². The number of aromatic nitrogens is 1. The van der Waals surface area contributed by atoms with Gasteiger partial charge in [0, 0.05) is 16.7 Å². The second-order valence-corrected chi connectivity index (χ2v) is 6.30. The Labute approximate surface area is 123 Å². The lowest BCUT2D eigenvalue weighted by molar-refractivity contribution is 0.156. The van der Waals surface area contributed by atoms with Crippen molar-refractivity contribution in [3.8, 4) is 0 Å². The van der Waals surface area contributed by atoms with Crippen LogP contribution in [-0.4, -0.2) is 46.4 Å². The van der Waals surface area contributed by atoms with E-state index in [2.05, 4.69) is 45.8 Å². The highest BCUT2D eigenvalue weighted by Gasteiger charge is 2.09. The van der Waals surface area contributed by atoms with E-state index in [1.54, 1.807) is 11.3 Å². The Hall–Kier alpha value is -0.280. The Balaban J connectivity index is 2.14. The third kappa shape index (κ3) is 3.61. The molecule has 0 radical (unpaired) electrons. The largest absolute Gasteiger partial charge is 0.395 e. The fourth-order valence-electron chi connectivity index (χ4n) is 1.76. The number of fused-ring (bicyclic) bond motifs is 1. The minimum absolute atomic E-state index is 0.1000. The van der Waals surface area contributed by atoms with E-state index in [1.165, 1.54) is 8.27 Å². The zero-order valence-electron chi connectivity index (χ0n) is 9.84. The van der Waals surface area contributed by atoms with Gasteiger partial charge in [-0.05, 0) is 40.8 Å². The van der Waals surface area contributed by atoms with Crippen molar-refractivity contribution < 1.29 is 10.2 Å². The maximum atomic E-state index is 8.98. The predicted octanol–water partition coefficient (Wildman–Crippen LogP) is 1.69. The fraction of sp³-hybridized carbons (Fsp3) is 0.417. The zero-order valence-corrected chi connectivity index (χ0v) is 12.8. The van der Waals surface area contributed by atoms with Crippen LogP contribution in [0.4, 0.5) is 0 Å². The molecule has 0 aliphatic rings. The molecule has 18 heavy (non-hydrogen) atoms. The summed E-state index contributed by atoms with van der Waals surface area (Å²) in [5, 5.41) is 19.0. The van der Waals surface area contributed by atoms with Crippen LogP contribution in [0.15, 0.2) is 18.2 Å². The van der Waals surface area contributed by atoms with Crippen molar-refractivity contribution in [1.29, 1.82) is 0 Å². The highest BCUT2D eigenvalue weighted by atomic mass is 127.